The fourth-order valence-corrected chi connectivity index (χ4v) is 2.19. The molecule has 1 aromatic carbocycles. The molecule has 104 valence electrons. The van der Waals surface area contributed by atoms with E-state index in [4.69, 9.17) is 0 Å². The molecule has 5 heteroatoms. The lowest BCUT2D eigenvalue weighted by Crippen LogP contribution is -2.30. The molecule has 0 fully saturated rings. The number of carbonyl (C=O) groups is 1. The van der Waals surface area contributed by atoms with Crippen molar-refractivity contribution in [3.8, 4) is 0 Å². The Morgan fingerprint density at radius 3 is 2.40 bits per heavy atom. The number of benzene rings is 1. The average Bonchev–Trinajstić information content (AvgIpc) is 2.46. The maximum absolute atomic E-state index is 12.1. The van der Waals surface area contributed by atoms with E-state index in [0.29, 0.717) is 10.3 Å². The van der Waals surface area contributed by atoms with Crippen molar-refractivity contribution in [2.75, 3.05) is 0 Å². The predicted molar refractivity (Wildman–Crippen MR) is 80.0 cm³/mol. The minimum atomic E-state index is -0.180. The molecule has 0 bridgehead atoms. The molecule has 0 saturated heterocycles. The summed E-state index contributed by atoms with van der Waals surface area (Å²) in [6.45, 7) is 2.02. The molecule has 0 aliphatic carbocycles. The van der Waals surface area contributed by atoms with E-state index < -0.39 is 0 Å². The van der Waals surface area contributed by atoms with Gasteiger partial charge in [0.15, 0.2) is 12.4 Å². The molecule has 0 radical (unpaired) electrons. The Hall–Kier alpha value is -1.88. The van der Waals surface area contributed by atoms with Crippen molar-refractivity contribution in [3.05, 3.63) is 69.6 Å². The molecule has 0 aliphatic rings. The zero-order valence-corrected chi connectivity index (χ0v) is 12.6. The Kier molecular flexibility index (Phi) is 4.74. The van der Waals surface area contributed by atoms with Crippen LogP contribution in [0.15, 0.2) is 53.3 Å². The molecule has 0 saturated carbocycles. The minimum Gasteiger partial charge on any atom is -0.619 e. The quantitative estimate of drug-likeness (QED) is 0.690. The average molecular weight is 335 g/mol. The number of rotatable bonds is 4. The van der Waals surface area contributed by atoms with E-state index in [1.807, 2.05) is 31.2 Å². The van der Waals surface area contributed by atoms with Crippen LogP contribution in [0.25, 0.3) is 0 Å². The van der Waals surface area contributed by atoms with Crippen molar-refractivity contribution in [2.45, 2.75) is 19.4 Å². The van der Waals surface area contributed by atoms with E-state index in [1.54, 1.807) is 0 Å². The first-order valence-corrected chi connectivity index (χ1v) is 7.14. The summed E-state index contributed by atoms with van der Waals surface area (Å²) in [5, 5.41) is 13.9. The molecule has 1 aromatic heterocycles. The summed E-state index contributed by atoms with van der Waals surface area (Å²) in [4.78, 5) is 12.1. The first-order valence-electron chi connectivity index (χ1n) is 6.35. The van der Waals surface area contributed by atoms with Crippen molar-refractivity contribution in [2.24, 2.45) is 0 Å². The molecule has 0 aliphatic heterocycles. The second kappa shape index (κ2) is 6.52. The second-order valence-electron chi connectivity index (χ2n) is 4.43. The minimum absolute atomic E-state index is 0.0461. The first-order chi connectivity index (χ1) is 9.60. The van der Waals surface area contributed by atoms with E-state index >= 15 is 0 Å². The Morgan fingerprint density at radius 2 is 1.85 bits per heavy atom. The van der Waals surface area contributed by atoms with Gasteiger partial charge in [0.25, 0.3) is 5.91 Å². The third kappa shape index (κ3) is 3.57. The van der Waals surface area contributed by atoms with Crippen LogP contribution in [0.3, 0.4) is 0 Å². The van der Waals surface area contributed by atoms with Gasteiger partial charge in [0.1, 0.15) is 0 Å². The van der Waals surface area contributed by atoms with Crippen LogP contribution in [0.5, 0.6) is 0 Å². The van der Waals surface area contributed by atoms with Gasteiger partial charge in [0.05, 0.1) is 11.6 Å². The number of nitrogens with one attached hydrogen (secondary N) is 1. The van der Waals surface area contributed by atoms with E-state index in [2.05, 4.69) is 21.2 Å². The third-order valence-corrected chi connectivity index (χ3v) is 3.58. The fourth-order valence-electron chi connectivity index (χ4n) is 1.92. The number of amides is 1. The third-order valence-electron chi connectivity index (χ3n) is 3.05. The van der Waals surface area contributed by atoms with E-state index in [1.165, 1.54) is 24.5 Å². The van der Waals surface area contributed by atoms with Crippen LogP contribution in [0, 0.1) is 5.21 Å². The largest absolute Gasteiger partial charge is 0.619 e. The van der Waals surface area contributed by atoms with Crippen LogP contribution >= 0.6 is 15.9 Å². The molecule has 2 rings (SSSR count). The van der Waals surface area contributed by atoms with E-state index in [-0.39, 0.29) is 11.9 Å². The highest BCUT2D eigenvalue weighted by Crippen LogP contribution is 2.19. The highest BCUT2D eigenvalue weighted by molar-refractivity contribution is 9.10. The summed E-state index contributed by atoms with van der Waals surface area (Å²) < 4.78 is 1.66. The zero-order valence-electron chi connectivity index (χ0n) is 11.0. The van der Waals surface area contributed by atoms with Crippen molar-refractivity contribution >= 4 is 21.8 Å². The van der Waals surface area contributed by atoms with Gasteiger partial charge in [-0.25, -0.2) is 0 Å². The first kappa shape index (κ1) is 14.5. The summed E-state index contributed by atoms with van der Waals surface area (Å²) in [5.41, 5.74) is 1.53. The molecule has 1 atom stereocenters. The molecule has 2 aromatic rings. The molecular formula is C15H15BrN2O2. The van der Waals surface area contributed by atoms with Gasteiger partial charge in [-0.05, 0) is 24.1 Å². The monoisotopic (exact) mass is 334 g/mol. The lowest BCUT2D eigenvalue weighted by atomic mass is 10.0. The molecule has 20 heavy (non-hydrogen) atoms. The highest BCUT2D eigenvalue weighted by Gasteiger charge is 2.14. The van der Waals surface area contributed by atoms with Gasteiger partial charge in [-0.1, -0.05) is 35.0 Å². The number of carbonyl (C=O) groups excluding carboxylic acids is 1. The lowest BCUT2D eigenvalue weighted by Gasteiger charge is -2.17. The molecule has 0 spiro atoms. The van der Waals surface area contributed by atoms with Crippen LogP contribution < -0.4 is 10.0 Å². The second-order valence-corrected chi connectivity index (χ2v) is 5.35. The van der Waals surface area contributed by atoms with Crippen molar-refractivity contribution in [1.29, 1.82) is 0 Å². The number of nitrogens with zero attached hydrogens (tertiary/aromatic N) is 1. The number of hydrogen-bond acceptors (Lipinski definition) is 2. The standard InChI is InChI=1S/C15H15BrN2O2/c1-2-14(11-3-5-13(16)6-4-11)17-15(19)12-7-9-18(20)10-8-12/h3-10,14H,2H2,1H3,(H,17,19)/t14-/m1/s1. The summed E-state index contributed by atoms with van der Waals surface area (Å²) in [7, 11) is 0. The van der Waals surface area contributed by atoms with Gasteiger partial charge in [0.2, 0.25) is 0 Å². The maximum atomic E-state index is 12.1. The van der Waals surface area contributed by atoms with Crippen molar-refractivity contribution in [1.82, 2.24) is 5.32 Å². The number of hydrogen-bond donors (Lipinski definition) is 1. The van der Waals surface area contributed by atoms with Crippen molar-refractivity contribution in [3.63, 3.8) is 0 Å². The van der Waals surface area contributed by atoms with Crippen LogP contribution in [-0.4, -0.2) is 5.91 Å². The summed E-state index contributed by atoms with van der Waals surface area (Å²) >= 11 is 3.39. The number of aromatic nitrogens is 1. The molecular weight excluding hydrogens is 320 g/mol. The molecule has 1 heterocycles. The van der Waals surface area contributed by atoms with Gasteiger partial charge in [-0.2, -0.15) is 4.73 Å². The van der Waals surface area contributed by atoms with E-state index in [9.17, 15) is 10.0 Å². The molecule has 0 unspecified atom stereocenters. The topological polar surface area (TPSA) is 56.0 Å². The number of halogens is 1. The van der Waals surface area contributed by atoms with Gasteiger partial charge in [-0.3, -0.25) is 4.79 Å². The van der Waals surface area contributed by atoms with Gasteiger partial charge in [-0.15, -0.1) is 0 Å². The highest BCUT2D eigenvalue weighted by atomic mass is 79.9. The maximum Gasteiger partial charge on any atom is 0.252 e. The van der Waals surface area contributed by atoms with Gasteiger partial charge < -0.3 is 10.5 Å². The zero-order chi connectivity index (χ0) is 14.5. The Labute approximate surface area is 126 Å². The predicted octanol–water partition coefficient (Wildman–Crippen LogP) is 2.96. The Morgan fingerprint density at radius 1 is 1.25 bits per heavy atom. The van der Waals surface area contributed by atoms with E-state index in [0.717, 1.165) is 16.5 Å². The molecule has 1 amide bonds. The van der Waals surface area contributed by atoms with Crippen LogP contribution in [0.4, 0.5) is 0 Å². The summed E-state index contributed by atoms with van der Waals surface area (Å²) in [6, 6.07) is 10.8. The Balaban J connectivity index is 2.11. The van der Waals surface area contributed by atoms with Crippen LogP contribution in [0.2, 0.25) is 0 Å². The lowest BCUT2D eigenvalue weighted by molar-refractivity contribution is -0.605. The number of pyridine rings is 1. The molecule has 4 nitrogen and oxygen atoms in total. The smallest absolute Gasteiger partial charge is 0.252 e. The summed E-state index contributed by atoms with van der Waals surface area (Å²) in [5.74, 6) is -0.180. The summed E-state index contributed by atoms with van der Waals surface area (Å²) in [6.07, 6.45) is 3.42. The van der Waals surface area contributed by atoms with Gasteiger partial charge >= 0.3 is 0 Å². The Bertz CT molecular complexity index is 582. The fraction of sp³-hybridized carbons (Fsp3) is 0.200. The normalized spacial score (nSPS) is 11.9. The van der Waals surface area contributed by atoms with Crippen LogP contribution in [-0.2, 0) is 0 Å². The van der Waals surface area contributed by atoms with Gasteiger partial charge in [0, 0.05) is 16.6 Å². The van der Waals surface area contributed by atoms with Crippen LogP contribution in [0.1, 0.15) is 35.3 Å². The SMILES string of the molecule is CC[C@@H](NC(=O)c1cc[n+]([O-])cc1)c1ccc(Br)cc1. The molecule has 1 N–H and O–H groups in total. The van der Waals surface area contributed by atoms with Crippen molar-refractivity contribution < 1.29 is 9.52 Å².